The summed E-state index contributed by atoms with van der Waals surface area (Å²) in [4.78, 5) is 24.1. The number of rotatable bonds is 2. The third-order valence-electron chi connectivity index (χ3n) is 3.90. The fourth-order valence-corrected chi connectivity index (χ4v) is 3.04. The minimum Gasteiger partial charge on any atom is -0.346 e. The van der Waals surface area contributed by atoms with Gasteiger partial charge in [0, 0.05) is 29.7 Å². The van der Waals surface area contributed by atoms with Gasteiger partial charge in [-0.1, -0.05) is 11.6 Å². The summed E-state index contributed by atoms with van der Waals surface area (Å²) < 4.78 is 1.69. The highest BCUT2D eigenvalue weighted by Crippen LogP contribution is 2.29. The van der Waals surface area contributed by atoms with E-state index in [9.17, 15) is 4.79 Å². The molecule has 0 aliphatic carbocycles. The van der Waals surface area contributed by atoms with Crippen LogP contribution in [0.1, 0.15) is 11.4 Å². The van der Waals surface area contributed by atoms with Crippen LogP contribution in [0, 0.1) is 13.8 Å². The molecule has 0 fully saturated rings. The number of nitrogens with one attached hydrogen (secondary N) is 1. The Morgan fingerprint density at radius 3 is 2.64 bits per heavy atom. The van der Waals surface area contributed by atoms with Crippen molar-refractivity contribution < 1.29 is 0 Å². The standard InChI is InChI=1S/C18H14ClN5O/c1-10-4-6-24(23-10)18-13(12-7-11(2)21-16(19)8-12)9-14-15(25)3-5-20-17(14)22-18/h3-9H,1-2H3,(H,20,22,25). The van der Waals surface area contributed by atoms with Crippen LogP contribution in [0.15, 0.2) is 47.5 Å². The van der Waals surface area contributed by atoms with Crippen molar-refractivity contribution in [2.45, 2.75) is 13.8 Å². The van der Waals surface area contributed by atoms with Crippen LogP contribution in [0.4, 0.5) is 0 Å². The summed E-state index contributed by atoms with van der Waals surface area (Å²) in [6, 6.07) is 8.86. The van der Waals surface area contributed by atoms with E-state index in [1.54, 1.807) is 16.9 Å². The van der Waals surface area contributed by atoms with E-state index in [1.165, 1.54) is 6.07 Å². The number of hydrogen-bond donors (Lipinski definition) is 1. The smallest absolute Gasteiger partial charge is 0.191 e. The average Bonchev–Trinajstić information content (AvgIpc) is 2.99. The zero-order chi connectivity index (χ0) is 17.6. The monoisotopic (exact) mass is 351 g/mol. The lowest BCUT2D eigenvalue weighted by Crippen LogP contribution is -2.07. The van der Waals surface area contributed by atoms with E-state index in [-0.39, 0.29) is 5.43 Å². The molecule has 0 amide bonds. The highest BCUT2D eigenvalue weighted by atomic mass is 35.5. The minimum absolute atomic E-state index is 0.0948. The van der Waals surface area contributed by atoms with Crippen molar-refractivity contribution in [3.63, 3.8) is 0 Å². The Balaban J connectivity index is 2.09. The number of aromatic nitrogens is 5. The molecule has 0 aromatic carbocycles. The van der Waals surface area contributed by atoms with E-state index in [4.69, 9.17) is 11.6 Å². The van der Waals surface area contributed by atoms with Gasteiger partial charge in [0.2, 0.25) is 0 Å². The summed E-state index contributed by atoms with van der Waals surface area (Å²) in [5, 5.41) is 5.35. The van der Waals surface area contributed by atoms with Gasteiger partial charge >= 0.3 is 0 Å². The molecule has 0 atom stereocenters. The highest BCUT2D eigenvalue weighted by molar-refractivity contribution is 6.29. The van der Waals surface area contributed by atoms with E-state index >= 15 is 0 Å². The second-order valence-electron chi connectivity index (χ2n) is 5.82. The van der Waals surface area contributed by atoms with Gasteiger partial charge in [-0.25, -0.2) is 14.6 Å². The molecular weight excluding hydrogens is 338 g/mol. The van der Waals surface area contributed by atoms with Crippen LogP contribution < -0.4 is 5.43 Å². The molecule has 4 aromatic rings. The molecule has 4 heterocycles. The average molecular weight is 352 g/mol. The van der Waals surface area contributed by atoms with Gasteiger partial charge in [-0.2, -0.15) is 5.10 Å². The van der Waals surface area contributed by atoms with E-state index in [1.807, 2.05) is 38.2 Å². The number of aryl methyl sites for hydroxylation is 2. The normalized spacial score (nSPS) is 11.2. The van der Waals surface area contributed by atoms with Gasteiger partial charge in [-0.15, -0.1) is 0 Å². The predicted molar refractivity (Wildman–Crippen MR) is 97.2 cm³/mol. The molecular formula is C18H14ClN5O. The Morgan fingerprint density at radius 2 is 1.92 bits per heavy atom. The van der Waals surface area contributed by atoms with Gasteiger partial charge in [0.1, 0.15) is 10.8 Å². The van der Waals surface area contributed by atoms with Crippen LogP contribution in [-0.2, 0) is 0 Å². The Kier molecular flexibility index (Phi) is 3.62. The van der Waals surface area contributed by atoms with E-state index in [0.717, 1.165) is 22.5 Å². The summed E-state index contributed by atoms with van der Waals surface area (Å²) in [5.41, 5.74) is 3.67. The van der Waals surface area contributed by atoms with Gasteiger partial charge in [0.05, 0.1) is 11.1 Å². The molecule has 0 radical (unpaired) electrons. The van der Waals surface area contributed by atoms with Crippen LogP contribution in [0.2, 0.25) is 5.15 Å². The first-order valence-electron chi connectivity index (χ1n) is 7.71. The van der Waals surface area contributed by atoms with Crippen molar-refractivity contribution in [3.05, 3.63) is 69.5 Å². The molecule has 0 spiro atoms. The summed E-state index contributed by atoms with van der Waals surface area (Å²) >= 11 is 6.13. The Labute approximate surface area is 148 Å². The Bertz CT molecular complexity index is 1140. The second kappa shape index (κ2) is 5.82. The SMILES string of the molecule is Cc1cc(-c2cc3c(=O)cc[nH]c3nc2-n2ccc(C)n2)cc(Cl)n1. The fourth-order valence-electron chi connectivity index (χ4n) is 2.79. The van der Waals surface area contributed by atoms with Crippen LogP contribution in [0.5, 0.6) is 0 Å². The number of H-pyrrole nitrogens is 1. The van der Waals surface area contributed by atoms with Gasteiger partial charge < -0.3 is 4.98 Å². The molecule has 124 valence electrons. The fraction of sp³-hybridized carbons (Fsp3) is 0.111. The van der Waals surface area contributed by atoms with Gasteiger partial charge in [-0.3, -0.25) is 4.79 Å². The van der Waals surface area contributed by atoms with Gasteiger partial charge in [0.25, 0.3) is 0 Å². The molecule has 1 N–H and O–H groups in total. The molecule has 0 aliphatic heterocycles. The first kappa shape index (κ1) is 15.5. The highest BCUT2D eigenvalue weighted by Gasteiger charge is 2.14. The summed E-state index contributed by atoms with van der Waals surface area (Å²) in [6.45, 7) is 3.78. The van der Waals surface area contributed by atoms with Crippen LogP contribution in [0.25, 0.3) is 28.0 Å². The second-order valence-corrected chi connectivity index (χ2v) is 6.21. The van der Waals surface area contributed by atoms with Crippen LogP contribution in [-0.4, -0.2) is 24.7 Å². The number of hydrogen-bond acceptors (Lipinski definition) is 4. The molecule has 0 saturated carbocycles. The largest absolute Gasteiger partial charge is 0.346 e. The lowest BCUT2D eigenvalue weighted by molar-refractivity contribution is 0.837. The molecule has 6 nitrogen and oxygen atoms in total. The predicted octanol–water partition coefficient (Wildman–Crippen LogP) is 3.44. The topological polar surface area (TPSA) is 76.5 Å². The zero-order valence-electron chi connectivity index (χ0n) is 13.6. The molecule has 0 unspecified atom stereocenters. The van der Waals surface area contributed by atoms with E-state index in [2.05, 4.69) is 20.1 Å². The number of nitrogens with zero attached hydrogens (tertiary/aromatic N) is 4. The van der Waals surface area contributed by atoms with E-state index < -0.39 is 0 Å². The first-order valence-corrected chi connectivity index (χ1v) is 8.09. The first-order chi connectivity index (χ1) is 12.0. The van der Waals surface area contributed by atoms with Crippen molar-refractivity contribution >= 4 is 22.6 Å². The summed E-state index contributed by atoms with van der Waals surface area (Å²) in [5.74, 6) is 0.615. The number of pyridine rings is 3. The van der Waals surface area contributed by atoms with Crippen LogP contribution in [0.3, 0.4) is 0 Å². The third-order valence-corrected chi connectivity index (χ3v) is 4.09. The summed E-state index contributed by atoms with van der Waals surface area (Å²) in [6.07, 6.45) is 3.42. The zero-order valence-corrected chi connectivity index (χ0v) is 14.4. The quantitative estimate of drug-likeness (QED) is 0.561. The minimum atomic E-state index is -0.0948. The molecule has 0 bridgehead atoms. The van der Waals surface area contributed by atoms with E-state index in [0.29, 0.717) is 22.0 Å². The molecule has 4 rings (SSSR count). The lowest BCUT2D eigenvalue weighted by Gasteiger charge is -2.11. The van der Waals surface area contributed by atoms with Crippen molar-refractivity contribution in [1.82, 2.24) is 24.7 Å². The third kappa shape index (κ3) is 2.81. The Morgan fingerprint density at radius 1 is 1.08 bits per heavy atom. The molecule has 25 heavy (non-hydrogen) atoms. The van der Waals surface area contributed by atoms with Gasteiger partial charge in [-0.05, 0) is 43.7 Å². The maximum atomic E-state index is 12.2. The molecule has 0 saturated heterocycles. The van der Waals surface area contributed by atoms with Gasteiger partial charge in [0.15, 0.2) is 11.2 Å². The van der Waals surface area contributed by atoms with Crippen molar-refractivity contribution in [2.75, 3.05) is 0 Å². The van der Waals surface area contributed by atoms with Crippen molar-refractivity contribution in [2.24, 2.45) is 0 Å². The maximum absolute atomic E-state index is 12.2. The molecule has 0 aliphatic rings. The molecule has 4 aromatic heterocycles. The Hall–Kier alpha value is -2.99. The number of halogens is 1. The molecule has 7 heteroatoms. The lowest BCUT2D eigenvalue weighted by atomic mass is 10.1. The number of aromatic amines is 1. The van der Waals surface area contributed by atoms with Crippen molar-refractivity contribution in [1.29, 1.82) is 0 Å². The summed E-state index contributed by atoms with van der Waals surface area (Å²) in [7, 11) is 0. The van der Waals surface area contributed by atoms with Crippen molar-refractivity contribution in [3.8, 4) is 16.9 Å². The number of fused-ring (bicyclic) bond motifs is 1. The maximum Gasteiger partial charge on any atom is 0.191 e. The van der Waals surface area contributed by atoms with Crippen LogP contribution >= 0.6 is 11.6 Å².